The lowest BCUT2D eigenvalue weighted by atomic mass is 10.3. The molecule has 0 amide bonds. The van der Waals surface area contributed by atoms with E-state index in [0.717, 1.165) is 24.4 Å². The van der Waals surface area contributed by atoms with Gasteiger partial charge in [-0.1, -0.05) is 19.0 Å². The van der Waals surface area contributed by atoms with Crippen molar-refractivity contribution in [1.29, 1.82) is 0 Å². The average molecular weight is 271 g/mol. The Labute approximate surface area is 109 Å². The minimum atomic E-state index is -0.309. The molecule has 1 aliphatic heterocycles. The molecule has 1 aromatic rings. The van der Waals surface area contributed by atoms with Gasteiger partial charge in [-0.25, -0.2) is 0 Å². The van der Waals surface area contributed by atoms with E-state index in [4.69, 9.17) is 10.3 Å². The van der Waals surface area contributed by atoms with E-state index in [2.05, 4.69) is 24.0 Å². The van der Waals surface area contributed by atoms with E-state index >= 15 is 0 Å². The molecule has 94 valence electrons. The molecule has 1 saturated heterocycles. The Balaban J connectivity index is 1.74. The van der Waals surface area contributed by atoms with E-state index in [1.165, 1.54) is 0 Å². The number of hydrogen-bond donors (Lipinski definition) is 1. The van der Waals surface area contributed by atoms with E-state index in [0.29, 0.717) is 21.6 Å². The number of thioether (sulfide) groups is 2. The fourth-order valence-corrected chi connectivity index (χ4v) is 4.67. The van der Waals surface area contributed by atoms with Crippen LogP contribution in [0.3, 0.4) is 0 Å². The number of nitrogens with zero attached hydrogens (tertiary/aromatic N) is 2. The van der Waals surface area contributed by atoms with Crippen LogP contribution in [0.1, 0.15) is 43.7 Å². The first kappa shape index (κ1) is 11.9. The molecule has 1 saturated carbocycles. The second-order valence-corrected chi connectivity index (χ2v) is 7.98. The van der Waals surface area contributed by atoms with E-state index < -0.39 is 0 Å². The smallest absolute Gasteiger partial charge is 0.246 e. The lowest BCUT2D eigenvalue weighted by Gasteiger charge is -2.29. The summed E-state index contributed by atoms with van der Waals surface area (Å²) in [6, 6.07) is 0. The first-order valence-corrected chi connectivity index (χ1v) is 7.98. The summed E-state index contributed by atoms with van der Waals surface area (Å²) in [5, 5.41) is 5.79. The molecule has 2 fully saturated rings. The highest BCUT2D eigenvalue weighted by Crippen LogP contribution is 2.45. The van der Waals surface area contributed by atoms with E-state index in [9.17, 15) is 0 Å². The summed E-state index contributed by atoms with van der Waals surface area (Å²) in [6.45, 7) is 4.54. The fraction of sp³-hybridized carbons (Fsp3) is 0.818. The summed E-state index contributed by atoms with van der Waals surface area (Å²) in [5.74, 6) is 2.52. The molecule has 3 rings (SSSR count). The van der Waals surface area contributed by atoms with Gasteiger partial charge in [-0.15, -0.1) is 11.8 Å². The molecule has 4 nitrogen and oxygen atoms in total. The number of rotatable bonds is 2. The Hall–Kier alpha value is -0.200. The molecule has 1 aromatic heterocycles. The highest BCUT2D eigenvalue weighted by atomic mass is 32.2. The Kier molecular flexibility index (Phi) is 2.91. The molecule has 0 radical (unpaired) electrons. The Morgan fingerprint density at radius 1 is 1.35 bits per heavy atom. The zero-order chi connectivity index (χ0) is 12.0. The van der Waals surface area contributed by atoms with Gasteiger partial charge in [-0.2, -0.15) is 16.7 Å². The molecule has 0 bridgehead atoms. The molecular weight excluding hydrogens is 254 g/mol. The standard InChI is InChI=1S/C11H17N3OS2/c1-6-7(2)17-8(5-16-6)9-13-10(15-14-9)11(12)3-4-11/h6-8H,3-5,12H2,1-2H3. The van der Waals surface area contributed by atoms with Crippen LogP contribution in [0.2, 0.25) is 0 Å². The highest BCUT2D eigenvalue weighted by Gasteiger charge is 2.46. The molecule has 1 aliphatic carbocycles. The maximum atomic E-state index is 6.05. The largest absolute Gasteiger partial charge is 0.337 e. The average Bonchev–Trinajstić information content (AvgIpc) is 2.88. The van der Waals surface area contributed by atoms with Crippen molar-refractivity contribution in [3.63, 3.8) is 0 Å². The minimum Gasteiger partial charge on any atom is -0.337 e. The van der Waals surface area contributed by atoms with Gasteiger partial charge in [0.05, 0.1) is 10.8 Å². The topological polar surface area (TPSA) is 64.9 Å². The summed E-state index contributed by atoms with van der Waals surface area (Å²) < 4.78 is 5.30. The van der Waals surface area contributed by atoms with Crippen LogP contribution in [0.25, 0.3) is 0 Å². The third-order valence-electron chi connectivity index (χ3n) is 3.49. The predicted octanol–water partition coefficient (Wildman–Crippen LogP) is 2.32. The van der Waals surface area contributed by atoms with Crippen LogP contribution in [0.15, 0.2) is 4.52 Å². The molecule has 3 atom stereocenters. The molecule has 6 heteroatoms. The van der Waals surface area contributed by atoms with Gasteiger partial charge < -0.3 is 10.3 Å². The van der Waals surface area contributed by atoms with Crippen LogP contribution >= 0.6 is 23.5 Å². The highest BCUT2D eigenvalue weighted by molar-refractivity contribution is 8.07. The summed E-state index contributed by atoms with van der Waals surface area (Å²) in [6.07, 6.45) is 1.93. The lowest BCUT2D eigenvalue weighted by Crippen LogP contribution is -2.23. The third kappa shape index (κ3) is 2.22. The number of aromatic nitrogens is 2. The first-order valence-electron chi connectivity index (χ1n) is 5.98. The summed E-state index contributed by atoms with van der Waals surface area (Å²) in [7, 11) is 0. The molecule has 2 aliphatic rings. The van der Waals surface area contributed by atoms with Crippen LogP contribution in [-0.4, -0.2) is 26.4 Å². The van der Waals surface area contributed by atoms with Gasteiger partial charge in [0.25, 0.3) is 0 Å². The maximum absolute atomic E-state index is 6.05. The second kappa shape index (κ2) is 4.17. The third-order valence-corrected chi connectivity index (χ3v) is 6.88. The molecule has 17 heavy (non-hydrogen) atoms. The van der Waals surface area contributed by atoms with Crippen molar-refractivity contribution in [2.45, 2.75) is 48.0 Å². The van der Waals surface area contributed by atoms with Crippen molar-refractivity contribution in [2.75, 3.05) is 5.75 Å². The van der Waals surface area contributed by atoms with Crippen molar-refractivity contribution in [3.8, 4) is 0 Å². The van der Waals surface area contributed by atoms with Crippen LogP contribution in [0.4, 0.5) is 0 Å². The van der Waals surface area contributed by atoms with Crippen molar-refractivity contribution in [3.05, 3.63) is 11.7 Å². The second-order valence-electron chi connectivity index (χ2n) is 4.98. The molecule has 0 aromatic carbocycles. The van der Waals surface area contributed by atoms with Gasteiger partial charge in [0.2, 0.25) is 5.89 Å². The van der Waals surface area contributed by atoms with Gasteiger partial charge in [-0.05, 0) is 12.8 Å². The number of nitrogens with two attached hydrogens (primary N) is 1. The van der Waals surface area contributed by atoms with Crippen LogP contribution in [0, 0.1) is 0 Å². The summed E-state index contributed by atoms with van der Waals surface area (Å²) >= 11 is 3.93. The molecule has 0 spiro atoms. The zero-order valence-corrected chi connectivity index (χ0v) is 11.7. The SMILES string of the molecule is CC1SCC(c2noc(C3(N)CC3)n2)SC1C. The van der Waals surface area contributed by atoms with Gasteiger partial charge in [0.15, 0.2) is 5.82 Å². The first-order chi connectivity index (χ1) is 8.08. The molecular formula is C11H17N3OS2. The van der Waals surface area contributed by atoms with Crippen LogP contribution in [-0.2, 0) is 5.54 Å². The number of hydrogen-bond acceptors (Lipinski definition) is 6. The Morgan fingerprint density at radius 3 is 2.76 bits per heavy atom. The van der Waals surface area contributed by atoms with E-state index in [1.54, 1.807) is 0 Å². The van der Waals surface area contributed by atoms with E-state index in [-0.39, 0.29) is 5.54 Å². The molecule has 2 N–H and O–H groups in total. The maximum Gasteiger partial charge on any atom is 0.246 e. The normalized spacial score (nSPS) is 35.8. The molecule has 3 unspecified atom stereocenters. The van der Waals surface area contributed by atoms with Gasteiger partial charge in [0.1, 0.15) is 0 Å². The van der Waals surface area contributed by atoms with E-state index in [1.807, 2.05) is 23.5 Å². The quantitative estimate of drug-likeness (QED) is 0.890. The summed E-state index contributed by atoms with van der Waals surface area (Å²) in [4.78, 5) is 4.49. The lowest BCUT2D eigenvalue weighted by molar-refractivity contribution is 0.344. The minimum absolute atomic E-state index is 0.309. The Morgan fingerprint density at radius 2 is 2.12 bits per heavy atom. The zero-order valence-electron chi connectivity index (χ0n) is 10.0. The summed E-state index contributed by atoms with van der Waals surface area (Å²) in [5.41, 5.74) is 5.74. The fourth-order valence-electron chi connectivity index (χ4n) is 1.84. The molecule has 2 heterocycles. The van der Waals surface area contributed by atoms with Gasteiger partial charge in [-0.3, -0.25) is 0 Å². The Bertz CT molecular complexity index is 419. The van der Waals surface area contributed by atoms with Gasteiger partial charge in [0, 0.05) is 16.3 Å². The van der Waals surface area contributed by atoms with Crippen LogP contribution in [0.5, 0.6) is 0 Å². The van der Waals surface area contributed by atoms with Crippen molar-refractivity contribution in [2.24, 2.45) is 5.73 Å². The predicted molar refractivity (Wildman–Crippen MR) is 71.1 cm³/mol. The van der Waals surface area contributed by atoms with Gasteiger partial charge >= 0.3 is 0 Å². The van der Waals surface area contributed by atoms with Crippen molar-refractivity contribution in [1.82, 2.24) is 10.1 Å². The monoisotopic (exact) mass is 271 g/mol. The van der Waals surface area contributed by atoms with Crippen molar-refractivity contribution >= 4 is 23.5 Å². The van der Waals surface area contributed by atoms with Crippen molar-refractivity contribution < 1.29 is 4.52 Å². The van der Waals surface area contributed by atoms with Crippen LogP contribution < -0.4 is 5.73 Å².